The molecule has 0 bridgehead atoms. The molecular formula is C19H18IN3O4. The Morgan fingerprint density at radius 2 is 1.81 bits per heavy atom. The summed E-state index contributed by atoms with van der Waals surface area (Å²) < 4.78 is 17.6. The number of aromatic nitrogens is 2. The molecule has 0 unspecified atom stereocenters. The lowest BCUT2D eigenvalue weighted by Gasteiger charge is -2.11. The first-order valence-corrected chi connectivity index (χ1v) is 9.49. The van der Waals surface area contributed by atoms with Gasteiger partial charge in [-0.3, -0.25) is 10.1 Å². The molecule has 0 saturated carbocycles. The van der Waals surface area contributed by atoms with E-state index in [0.29, 0.717) is 35.8 Å². The van der Waals surface area contributed by atoms with Crippen LogP contribution in [0.3, 0.4) is 0 Å². The van der Waals surface area contributed by atoms with E-state index in [1.807, 2.05) is 26.0 Å². The average molecular weight is 479 g/mol. The number of nitrogens with zero attached hydrogens (tertiary/aromatic N) is 2. The molecule has 0 radical (unpaired) electrons. The van der Waals surface area contributed by atoms with Crippen LogP contribution in [0.1, 0.15) is 24.2 Å². The van der Waals surface area contributed by atoms with Gasteiger partial charge in [0, 0.05) is 9.13 Å². The molecule has 3 rings (SSSR count). The first-order chi connectivity index (χ1) is 13.1. The smallest absolute Gasteiger partial charge is 0.322 e. The van der Waals surface area contributed by atoms with E-state index in [1.54, 1.807) is 30.3 Å². The summed E-state index contributed by atoms with van der Waals surface area (Å²) in [7, 11) is 0. The molecule has 0 saturated heterocycles. The normalized spacial score (nSPS) is 10.5. The van der Waals surface area contributed by atoms with Crippen LogP contribution in [0.15, 0.2) is 46.9 Å². The Morgan fingerprint density at radius 3 is 2.56 bits per heavy atom. The maximum atomic E-state index is 12.4. The predicted molar refractivity (Wildman–Crippen MR) is 109 cm³/mol. The van der Waals surface area contributed by atoms with Crippen LogP contribution in [0.4, 0.5) is 6.01 Å². The molecule has 1 amide bonds. The van der Waals surface area contributed by atoms with Gasteiger partial charge in [0.1, 0.15) is 0 Å². The second-order valence-electron chi connectivity index (χ2n) is 5.37. The van der Waals surface area contributed by atoms with Crippen LogP contribution in [0.25, 0.3) is 11.5 Å². The number of halogens is 1. The van der Waals surface area contributed by atoms with Crippen molar-refractivity contribution in [3.63, 3.8) is 0 Å². The molecule has 0 aliphatic carbocycles. The van der Waals surface area contributed by atoms with Crippen molar-refractivity contribution < 1.29 is 18.7 Å². The van der Waals surface area contributed by atoms with Crippen molar-refractivity contribution in [1.82, 2.24) is 10.2 Å². The Kier molecular flexibility index (Phi) is 6.28. The molecule has 1 heterocycles. The Morgan fingerprint density at radius 1 is 1.07 bits per heavy atom. The van der Waals surface area contributed by atoms with Crippen molar-refractivity contribution in [2.45, 2.75) is 13.8 Å². The Labute approximate surface area is 170 Å². The summed E-state index contributed by atoms with van der Waals surface area (Å²) in [5.41, 5.74) is 1.21. The molecule has 7 nitrogen and oxygen atoms in total. The highest BCUT2D eigenvalue weighted by molar-refractivity contribution is 14.1. The lowest BCUT2D eigenvalue weighted by molar-refractivity contribution is 0.102. The van der Waals surface area contributed by atoms with Crippen LogP contribution in [0.2, 0.25) is 0 Å². The van der Waals surface area contributed by atoms with Gasteiger partial charge in [-0.15, -0.1) is 5.10 Å². The maximum Gasteiger partial charge on any atom is 0.322 e. The van der Waals surface area contributed by atoms with Crippen molar-refractivity contribution >= 4 is 34.5 Å². The van der Waals surface area contributed by atoms with Gasteiger partial charge in [0.25, 0.3) is 5.91 Å². The minimum absolute atomic E-state index is 0.0292. The number of nitrogens with one attached hydrogen (secondary N) is 1. The van der Waals surface area contributed by atoms with Crippen LogP contribution in [-0.4, -0.2) is 29.3 Å². The maximum absolute atomic E-state index is 12.4. The molecule has 0 spiro atoms. The van der Waals surface area contributed by atoms with Gasteiger partial charge in [-0.25, -0.2) is 0 Å². The van der Waals surface area contributed by atoms with Gasteiger partial charge < -0.3 is 13.9 Å². The Balaban J connectivity index is 1.80. The fraction of sp³-hybridized carbons (Fsp3) is 0.211. The van der Waals surface area contributed by atoms with Crippen LogP contribution < -0.4 is 14.8 Å². The molecule has 0 atom stereocenters. The van der Waals surface area contributed by atoms with Crippen molar-refractivity contribution in [2.24, 2.45) is 0 Å². The standard InChI is InChI=1S/C19H18IN3O4/c1-3-25-15-10-9-12(11-16(15)26-4-2)18-22-23-19(27-18)21-17(24)13-7-5-6-8-14(13)20/h5-11H,3-4H2,1-2H3,(H,21,23,24). The third-order valence-electron chi connectivity index (χ3n) is 3.55. The van der Waals surface area contributed by atoms with E-state index in [4.69, 9.17) is 13.9 Å². The van der Waals surface area contributed by atoms with Gasteiger partial charge in [0.05, 0.1) is 18.8 Å². The molecule has 1 N–H and O–H groups in total. The van der Waals surface area contributed by atoms with Crippen LogP contribution in [0.5, 0.6) is 11.5 Å². The van der Waals surface area contributed by atoms with Crippen molar-refractivity contribution in [3.8, 4) is 23.0 Å². The second kappa shape index (κ2) is 8.85. The zero-order valence-electron chi connectivity index (χ0n) is 14.9. The number of anilines is 1. The molecule has 0 fully saturated rings. The summed E-state index contributed by atoms with van der Waals surface area (Å²) in [4.78, 5) is 12.4. The first-order valence-electron chi connectivity index (χ1n) is 8.41. The van der Waals surface area contributed by atoms with Gasteiger partial charge in [-0.2, -0.15) is 0 Å². The SMILES string of the molecule is CCOc1ccc(-c2nnc(NC(=O)c3ccccc3I)o2)cc1OCC. The van der Waals surface area contributed by atoms with Crippen molar-refractivity contribution in [3.05, 3.63) is 51.6 Å². The number of amides is 1. The van der Waals surface area contributed by atoms with Gasteiger partial charge in [0.2, 0.25) is 5.89 Å². The highest BCUT2D eigenvalue weighted by atomic mass is 127. The number of hydrogen-bond donors (Lipinski definition) is 1. The molecule has 2 aromatic carbocycles. The Hall–Kier alpha value is -2.62. The third-order valence-corrected chi connectivity index (χ3v) is 4.49. The number of ether oxygens (including phenoxy) is 2. The second-order valence-corrected chi connectivity index (χ2v) is 6.54. The number of benzene rings is 2. The summed E-state index contributed by atoms with van der Waals surface area (Å²) in [6.45, 7) is 4.84. The zero-order valence-corrected chi connectivity index (χ0v) is 17.0. The molecule has 0 aliphatic heterocycles. The Bertz CT molecular complexity index is 942. The molecule has 1 aromatic heterocycles. The van der Waals surface area contributed by atoms with E-state index < -0.39 is 0 Å². The summed E-state index contributed by atoms with van der Waals surface area (Å²) in [6.07, 6.45) is 0. The van der Waals surface area contributed by atoms with Gasteiger partial charge >= 0.3 is 6.01 Å². The van der Waals surface area contributed by atoms with Crippen LogP contribution in [0, 0.1) is 3.57 Å². The van der Waals surface area contributed by atoms with Gasteiger partial charge in [-0.05, 0) is 66.8 Å². The quantitative estimate of drug-likeness (QED) is 0.506. The fourth-order valence-electron chi connectivity index (χ4n) is 2.38. The summed E-state index contributed by atoms with van der Waals surface area (Å²) in [6, 6.07) is 12.6. The number of rotatable bonds is 7. The van der Waals surface area contributed by atoms with E-state index in [0.717, 1.165) is 3.57 Å². The zero-order chi connectivity index (χ0) is 19.2. The number of hydrogen-bond acceptors (Lipinski definition) is 6. The monoisotopic (exact) mass is 479 g/mol. The fourth-order valence-corrected chi connectivity index (χ4v) is 3.02. The van der Waals surface area contributed by atoms with E-state index in [-0.39, 0.29) is 17.8 Å². The molecule has 140 valence electrons. The molecule has 27 heavy (non-hydrogen) atoms. The first kappa shape index (κ1) is 19.2. The summed E-state index contributed by atoms with van der Waals surface area (Å²) in [5, 5.41) is 10.5. The van der Waals surface area contributed by atoms with E-state index in [9.17, 15) is 4.79 Å². The number of carbonyl (C=O) groups is 1. The topological polar surface area (TPSA) is 86.5 Å². The average Bonchev–Trinajstić information content (AvgIpc) is 3.12. The minimum Gasteiger partial charge on any atom is -0.490 e. The predicted octanol–water partition coefficient (Wildman–Crippen LogP) is 4.39. The van der Waals surface area contributed by atoms with E-state index >= 15 is 0 Å². The lowest BCUT2D eigenvalue weighted by Crippen LogP contribution is -2.13. The lowest BCUT2D eigenvalue weighted by atomic mass is 10.2. The molecule has 3 aromatic rings. The van der Waals surface area contributed by atoms with Gasteiger partial charge in [0.15, 0.2) is 11.5 Å². The minimum atomic E-state index is -0.308. The highest BCUT2D eigenvalue weighted by Crippen LogP contribution is 2.32. The van der Waals surface area contributed by atoms with Crippen LogP contribution >= 0.6 is 22.6 Å². The number of carbonyl (C=O) groups excluding carboxylic acids is 1. The van der Waals surface area contributed by atoms with Crippen molar-refractivity contribution in [1.29, 1.82) is 0 Å². The van der Waals surface area contributed by atoms with E-state index in [1.165, 1.54) is 0 Å². The molecule has 0 aliphatic rings. The largest absolute Gasteiger partial charge is 0.490 e. The highest BCUT2D eigenvalue weighted by Gasteiger charge is 2.16. The third kappa shape index (κ3) is 4.57. The van der Waals surface area contributed by atoms with Crippen molar-refractivity contribution in [2.75, 3.05) is 18.5 Å². The molecule has 8 heteroatoms. The van der Waals surface area contributed by atoms with E-state index in [2.05, 4.69) is 38.1 Å². The molecular weight excluding hydrogens is 461 g/mol. The summed E-state index contributed by atoms with van der Waals surface area (Å²) >= 11 is 2.10. The van der Waals surface area contributed by atoms with Crippen LogP contribution in [-0.2, 0) is 0 Å². The van der Waals surface area contributed by atoms with Gasteiger partial charge in [-0.1, -0.05) is 17.2 Å². The summed E-state index contributed by atoms with van der Waals surface area (Å²) in [5.74, 6) is 1.21.